The molecular formula is C12H10FNO3. The van der Waals surface area contributed by atoms with E-state index in [9.17, 15) is 14.0 Å². The Bertz CT molecular complexity index is 633. The molecule has 1 heterocycles. The Morgan fingerprint density at radius 2 is 2.18 bits per heavy atom. The highest BCUT2D eigenvalue weighted by atomic mass is 19.1. The number of halogens is 1. The van der Waals surface area contributed by atoms with Crippen LogP contribution < -0.4 is 10.9 Å². The fourth-order valence-electron chi connectivity index (χ4n) is 1.51. The van der Waals surface area contributed by atoms with Crippen LogP contribution in [0.4, 0.5) is 4.39 Å². The minimum atomic E-state index is -0.727. The molecule has 88 valence electrons. The van der Waals surface area contributed by atoms with Crippen molar-refractivity contribution in [1.29, 1.82) is 0 Å². The van der Waals surface area contributed by atoms with E-state index in [0.717, 1.165) is 0 Å². The Morgan fingerprint density at radius 1 is 1.41 bits per heavy atom. The lowest BCUT2D eigenvalue weighted by Crippen LogP contribution is -2.27. The van der Waals surface area contributed by atoms with Gasteiger partial charge in [0.1, 0.15) is 17.0 Å². The standard InChI is InChI=1S/C12H10FNO3/c1-2-14-11(15)9-6-7-5-8(13)3-4-10(7)17-12(9)16/h3-6H,2H2,1H3,(H,14,15). The van der Waals surface area contributed by atoms with Crippen LogP contribution in [-0.2, 0) is 0 Å². The lowest BCUT2D eigenvalue weighted by atomic mass is 10.1. The maximum absolute atomic E-state index is 13.0. The van der Waals surface area contributed by atoms with Crippen molar-refractivity contribution in [3.8, 4) is 0 Å². The average molecular weight is 235 g/mol. The normalized spacial score (nSPS) is 10.5. The molecule has 1 amide bonds. The minimum Gasteiger partial charge on any atom is -0.422 e. The molecular weight excluding hydrogens is 225 g/mol. The molecule has 5 heteroatoms. The molecule has 1 aromatic heterocycles. The predicted octanol–water partition coefficient (Wildman–Crippen LogP) is 1.68. The van der Waals surface area contributed by atoms with Crippen molar-refractivity contribution >= 4 is 16.9 Å². The van der Waals surface area contributed by atoms with E-state index in [4.69, 9.17) is 4.42 Å². The second-order valence-electron chi connectivity index (χ2n) is 3.49. The second kappa shape index (κ2) is 4.37. The third-order valence-electron chi connectivity index (χ3n) is 2.28. The summed E-state index contributed by atoms with van der Waals surface area (Å²) in [6.07, 6.45) is 0. The smallest absolute Gasteiger partial charge is 0.349 e. The Hall–Kier alpha value is -2.17. The summed E-state index contributed by atoms with van der Waals surface area (Å²) in [5, 5.41) is 2.87. The van der Waals surface area contributed by atoms with Crippen molar-refractivity contribution in [3.63, 3.8) is 0 Å². The Labute approximate surface area is 96.1 Å². The van der Waals surface area contributed by atoms with E-state index in [0.29, 0.717) is 11.9 Å². The van der Waals surface area contributed by atoms with E-state index in [-0.39, 0.29) is 11.1 Å². The number of hydrogen-bond acceptors (Lipinski definition) is 3. The molecule has 0 saturated heterocycles. The van der Waals surface area contributed by atoms with Gasteiger partial charge in [-0.15, -0.1) is 0 Å². The van der Waals surface area contributed by atoms with Crippen LogP contribution in [0.3, 0.4) is 0 Å². The molecule has 1 N–H and O–H groups in total. The summed E-state index contributed by atoms with van der Waals surface area (Å²) in [4.78, 5) is 23.0. The molecule has 0 unspecified atom stereocenters. The SMILES string of the molecule is CCNC(=O)c1cc2cc(F)ccc2oc1=O. The van der Waals surface area contributed by atoms with Gasteiger partial charge >= 0.3 is 5.63 Å². The van der Waals surface area contributed by atoms with E-state index in [1.165, 1.54) is 24.3 Å². The van der Waals surface area contributed by atoms with Gasteiger partial charge < -0.3 is 9.73 Å². The van der Waals surface area contributed by atoms with Gasteiger partial charge in [-0.3, -0.25) is 4.79 Å². The number of benzene rings is 1. The maximum Gasteiger partial charge on any atom is 0.349 e. The van der Waals surface area contributed by atoms with Gasteiger partial charge in [-0.1, -0.05) is 0 Å². The summed E-state index contributed by atoms with van der Waals surface area (Å²) in [5.74, 6) is -0.972. The van der Waals surface area contributed by atoms with Crippen LogP contribution in [0.25, 0.3) is 11.0 Å². The van der Waals surface area contributed by atoms with Crippen molar-refractivity contribution in [3.05, 3.63) is 46.1 Å². The first-order valence-corrected chi connectivity index (χ1v) is 5.13. The van der Waals surface area contributed by atoms with Gasteiger partial charge in [0, 0.05) is 11.9 Å². The fraction of sp³-hybridized carbons (Fsp3) is 0.167. The Morgan fingerprint density at radius 3 is 2.88 bits per heavy atom. The van der Waals surface area contributed by atoms with Gasteiger partial charge in [-0.05, 0) is 31.2 Å². The molecule has 0 bridgehead atoms. The summed E-state index contributed by atoms with van der Waals surface area (Å²) in [7, 11) is 0. The van der Waals surface area contributed by atoms with Gasteiger partial charge in [-0.2, -0.15) is 0 Å². The molecule has 0 aliphatic rings. The van der Waals surface area contributed by atoms with Crippen molar-refractivity contribution in [2.75, 3.05) is 6.54 Å². The Balaban J connectivity index is 2.61. The van der Waals surface area contributed by atoms with Gasteiger partial charge in [0.25, 0.3) is 5.91 Å². The number of fused-ring (bicyclic) bond motifs is 1. The fourth-order valence-corrected chi connectivity index (χ4v) is 1.51. The van der Waals surface area contributed by atoms with Crippen LogP contribution in [0.5, 0.6) is 0 Å². The molecule has 0 aliphatic heterocycles. The highest BCUT2D eigenvalue weighted by molar-refractivity contribution is 5.96. The zero-order valence-electron chi connectivity index (χ0n) is 9.12. The molecule has 4 nitrogen and oxygen atoms in total. The molecule has 2 aromatic rings. The van der Waals surface area contributed by atoms with Crippen LogP contribution >= 0.6 is 0 Å². The Kier molecular flexibility index (Phi) is 2.91. The molecule has 0 atom stereocenters. The maximum atomic E-state index is 13.0. The molecule has 0 spiro atoms. The number of nitrogens with one attached hydrogen (secondary N) is 1. The van der Waals surface area contributed by atoms with Crippen molar-refractivity contribution in [1.82, 2.24) is 5.32 Å². The summed E-state index contributed by atoms with van der Waals surface area (Å²) in [6.45, 7) is 2.14. The van der Waals surface area contributed by atoms with Gasteiger partial charge in [0.2, 0.25) is 0 Å². The molecule has 0 aliphatic carbocycles. The first kappa shape index (κ1) is 11.3. The van der Waals surface area contributed by atoms with E-state index in [1.807, 2.05) is 0 Å². The number of carbonyl (C=O) groups is 1. The topological polar surface area (TPSA) is 59.3 Å². The van der Waals surface area contributed by atoms with E-state index >= 15 is 0 Å². The number of rotatable bonds is 2. The summed E-state index contributed by atoms with van der Waals surface area (Å²) < 4.78 is 17.9. The third-order valence-corrected chi connectivity index (χ3v) is 2.28. The molecule has 17 heavy (non-hydrogen) atoms. The van der Waals surface area contributed by atoms with Crippen LogP contribution in [0.1, 0.15) is 17.3 Å². The molecule has 0 radical (unpaired) electrons. The highest BCUT2D eigenvalue weighted by Gasteiger charge is 2.12. The van der Waals surface area contributed by atoms with Crippen LogP contribution in [0, 0.1) is 5.82 Å². The zero-order valence-corrected chi connectivity index (χ0v) is 9.12. The predicted molar refractivity (Wildman–Crippen MR) is 60.4 cm³/mol. The van der Waals surface area contributed by atoms with Crippen molar-refractivity contribution < 1.29 is 13.6 Å². The van der Waals surface area contributed by atoms with E-state index in [2.05, 4.69) is 5.32 Å². The number of hydrogen-bond donors (Lipinski definition) is 1. The summed E-state index contributed by atoms with van der Waals surface area (Å²) >= 11 is 0. The van der Waals surface area contributed by atoms with E-state index in [1.54, 1.807) is 6.92 Å². The lowest BCUT2D eigenvalue weighted by molar-refractivity contribution is 0.0952. The zero-order chi connectivity index (χ0) is 12.4. The van der Waals surface area contributed by atoms with E-state index < -0.39 is 17.3 Å². The first-order valence-electron chi connectivity index (χ1n) is 5.13. The largest absolute Gasteiger partial charge is 0.422 e. The van der Waals surface area contributed by atoms with Gasteiger partial charge in [-0.25, -0.2) is 9.18 Å². The van der Waals surface area contributed by atoms with Crippen LogP contribution in [0.2, 0.25) is 0 Å². The third kappa shape index (κ3) is 2.18. The van der Waals surface area contributed by atoms with Crippen LogP contribution in [0.15, 0.2) is 33.5 Å². The minimum absolute atomic E-state index is 0.120. The highest BCUT2D eigenvalue weighted by Crippen LogP contribution is 2.14. The van der Waals surface area contributed by atoms with Crippen molar-refractivity contribution in [2.45, 2.75) is 6.92 Å². The number of amides is 1. The molecule has 0 fully saturated rings. The van der Waals surface area contributed by atoms with Gasteiger partial charge in [0.05, 0.1) is 0 Å². The lowest BCUT2D eigenvalue weighted by Gasteiger charge is -2.02. The van der Waals surface area contributed by atoms with Crippen LogP contribution in [-0.4, -0.2) is 12.5 Å². The molecule has 2 rings (SSSR count). The first-order chi connectivity index (χ1) is 8.11. The average Bonchev–Trinajstić information content (AvgIpc) is 2.29. The van der Waals surface area contributed by atoms with Crippen molar-refractivity contribution in [2.24, 2.45) is 0 Å². The summed E-state index contributed by atoms with van der Waals surface area (Å²) in [6, 6.07) is 5.08. The second-order valence-corrected chi connectivity index (χ2v) is 3.49. The monoisotopic (exact) mass is 235 g/mol. The summed E-state index contributed by atoms with van der Waals surface area (Å²) in [5.41, 5.74) is -0.593. The number of carbonyl (C=O) groups excluding carboxylic acids is 1. The molecule has 1 aromatic carbocycles. The molecule has 0 saturated carbocycles. The quantitative estimate of drug-likeness (QED) is 0.805. The van der Waals surface area contributed by atoms with Gasteiger partial charge in [0.15, 0.2) is 0 Å².